The van der Waals surface area contributed by atoms with Crippen LogP contribution >= 0.6 is 0 Å². The van der Waals surface area contributed by atoms with Gasteiger partial charge in [-0.15, -0.1) is 0 Å². The lowest BCUT2D eigenvalue weighted by Gasteiger charge is -2.14. The Labute approximate surface area is 152 Å². The minimum atomic E-state index is -0.141. The second-order valence-corrected chi connectivity index (χ2v) is 6.03. The molecular weight excluding hydrogens is 328 g/mol. The second kappa shape index (κ2) is 8.27. The minimum Gasteiger partial charge on any atom is -0.463 e. The number of Topliss-reactive ketones (excluding diaryl/α,β-unsaturated/α-hetero) is 1. The van der Waals surface area contributed by atoms with E-state index in [0.717, 1.165) is 11.3 Å². The van der Waals surface area contributed by atoms with Gasteiger partial charge < -0.3 is 15.1 Å². The number of anilines is 1. The molecular formula is C21H21N2O3+. The van der Waals surface area contributed by atoms with Crippen LogP contribution in [0.5, 0.6) is 0 Å². The van der Waals surface area contributed by atoms with Gasteiger partial charge in [-0.1, -0.05) is 42.5 Å². The highest BCUT2D eigenvalue weighted by molar-refractivity contribution is 5.97. The molecule has 3 rings (SSSR count). The van der Waals surface area contributed by atoms with Crippen molar-refractivity contribution in [2.45, 2.75) is 13.0 Å². The molecule has 3 aromatic rings. The summed E-state index contributed by atoms with van der Waals surface area (Å²) in [6, 6.07) is 20.5. The van der Waals surface area contributed by atoms with Crippen molar-refractivity contribution < 1.29 is 19.3 Å². The number of hydrogen-bond donors (Lipinski definition) is 2. The summed E-state index contributed by atoms with van der Waals surface area (Å²) in [5, 5.41) is 4.77. The number of rotatable bonds is 7. The summed E-state index contributed by atoms with van der Waals surface area (Å²) in [7, 11) is 0. The Balaban J connectivity index is 1.67. The number of quaternary nitrogens is 1. The molecule has 0 aliphatic carbocycles. The fraction of sp³-hybridized carbons (Fsp3) is 0.143. The van der Waals surface area contributed by atoms with E-state index in [1.165, 1.54) is 6.92 Å². The fourth-order valence-electron chi connectivity index (χ4n) is 2.80. The van der Waals surface area contributed by atoms with E-state index in [1.54, 1.807) is 30.5 Å². The molecule has 3 N–H and O–H groups in total. The van der Waals surface area contributed by atoms with Crippen LogP contribution in [0.25, 0.3) is 0 Å². The zero-order valence-electron chi connectivity index (χ0n) is 14.5. The smallest absolute Gasteiger partial charge is 0.279 e. The summed E-state index contributed by atoms with van der Waals surface area (Å²) < 4.78 is 5.54. The monoisotopic (exact) mass is 349 g/mol. The molecule has 5 heteroatoms. The zero-order chi connectivity index (χ0) is 18.4. The molecule has 0 spiro atoms. The number of hydrogen-bond acceptors (Lipinski definition) is 3. The van der Waals surface area contributed by atoms with Crippen LogP contribution in [0.3, 0.4) is 0 Å². The SMILES string of the molecule is CC(=O)c1cccc(NC(=O)C[NH2+][C@H](c2ccccc2)c2ccco2)c1. The first kappa shape index (κ1) is 17.6. The van der Waals surface area contributed by atoms with Crippen LogP contribution in [0, 0.1) is 0 Å². The molecule has 5 nitrogen and oxygen atoms in total. The van der Waals surface area contributed by atoms with Crippen molar-refractivity contribution in [2.75, 3.05) is 11.9 Å². The van der Waals surface area contributed by atoms with Gasteiger partial charge in [0, 0.05) is 16.8 Å². The summed E-state index contributed by atoms with van der Waals surface area (Å²) in [6.45, 7) is 1.73. The number of furan rings is 1. The Morgan fingerprint density at radius 3 is 2.54 bits per heavy atom. The van der Waals surface area contributed by atoms with Crippen LogP contribution < -0.4 is 10.6 Å². The number of amides is 1. The standard InChI is InChI=1S/C21H20N2O3/c1-15(24)17-9-5-10-18(13-17)23-20(25)14-22-21(19-11-6-12-26-19)16-7-3-2-4-8-16/h2-13,21-22H,14H2,1H3,(H,23,25)/p+1/t21-/m1/s1. The Kier molecular flexibility index (Phi) is 5.61. The third kappa shape index (κ3) is 4.46. The molecule has 1 heterocycles. The normalized spacial score (nSPS) is 11.7. The number of nitrogens with two attached hydrogens (primary N) is 1. The molecule has 132 valence electrons. The van der Waals surface area contributed by atoms with Gasteiger partial charge in [-0.3, -0.25) is 9.59 Å². The number of nitrogens with one attached hydrogen (secondary N) is 1. The molecule has 1 amide bonds. The number of carbonyl (C=O) groups is 2. The lowest BCUT2D eigenvalue weighted by molar-refractivity contribution is -0.678. The highest BCUT2D eigenvalue weighted by Crippen LogP contribution is 2.18. The largest absolute Gasteiger partial charge is 0.463 e. The Hall–Kier alpha value is -3.18. The van der Waals surface area contributed by atoms with Crippen LogP contribution in [-0.4, -0.2) is 18.2 Å². The predicted molar refractivity (Wildman–Crippen MR) is 98.9 cm³/mol. The molecule has 0 bridgehead atoms. The van der Waals surface area contributed by atoms with Gasteiger partial charge in [0.05, 0.1) is 6.26 Å². The van der Waals surface area contributed by atoms with Crippen LogP contribution in [0.2, 0.25) is 0 Å². The van der Waals surface area contributed by atoms with E-state index in [-0.39, 0.29) is 24.3 Å². The molecule has 26 heavy (non-hydrogen) atoms. The van der Waals surface area contributed by atoms with Gasteiger partial charge in [-0.05, 0) is 31.2 Å². The van der Waals surface area contributed by atoms with Crippen molar-refractivity contribution >= 4 is 17.4 Å². The maximum Gasteiger partial charge on any atom is 0.279 e. The van der Waals surface area contributed by atoms with Crippen LogP contribution in [0.4, 0.5) is 5.69 Å². The number of benzene rings is 2. The van der Waals surface area contributed by atoms with Crippen molar-refractivity contribution in [3.05, 3.63) is 89.9 Å². The van der Waals surface area contributed by atoms with E-state index >= 15 is 0 Å². The molecule has 0 radical (unpaired) electrons. The maximum absolute atomic E-state index is 12.3. The molecule has 1 aromatic heterocycles. The highest BCUT2D eigenvalue weighted by atomic mass is 16.3. The van der Waals surface area contributed by atoms with Gasteiger partial charge in [0.25, 0.3) is 5.91 Å². The Bertz CT molecular complexity index is 873. The quantitative estimate of drug-likeness (QED) is 0.644. The van der Waals surface area contributed by atoms with Crippen molar-refractivity contribution in [3.8, 4) is 0 Å². The van der Waals surface area contributed by atoms with E-state index in [2.05, 4.69) is 5.32 Å². The van der Waals surface area contributed by atoms with Gasteiger partial charge in [0.15, 0.2) is 24.1 Å². The van der Waals surface area contributed by atoms with E-state index < -0.39 is 0 Å². The van der Waals surface area contributed by atoms with E-state index in [1.807, 2.05) is 47.8 Å². The van der Waals surface area contributed by atoms with Gasteiger partial charge in [-0.2, -0.15) is 0 Å². The number of ketones is 1. The average Bonchev–Trinajstić information content (AvgIpc) is 3.17. The zero-order valence-corrected chi connectivity index (χ0v) is 14.5. The lowest BCUT2D eigenvalue weighted by atomic mass is 10.0. The van der Waals surface area contributed by atoms with Crippen LogP contribution in [0.1, 0.15) is 34.6 Å². The topological polar surface area (TPSA) is 75.9 Å². The van der Waals surface area contributed by atoms with Gasteiger partial charge in [-0.25, -0.2) is 0 Å². The predicted octanol–water partition coefficient (Wildman–Crippen LogP) is 2.77. The third-order valence-corrected chi connectivity index (χ3v) is 4.10. The Morgan fingerprint density at radius 2 is 1.85 bits per heavy atom. The van der Waals surface area contributed by atoms with Gasteiger partial charge in [0.1, 0.15) is 0 Å². The van der Waals surface area contributed by atoms with Crippen molar-refractivity contribution in [3.63, 3.8) is 0 Å². The first-order chi connectivity index (χ1) is 12.6. The molecule has 0 unspecified atom stereocenters. The van der Waals surface area contributed by atoms with E-state index in [9.17, 15) is 9.59 Å². The minimum absolute atomic E-state index is 0.0328. The number of carbonyl (C=O) groups excluding carboxylic acids is 2. The summed E-state index contributed by atoms with van der Waals surface area (Å²) >= 11 is 0. The molecule has 0 fully saturated rings. The van der Waals surface area contributed by atoms with Gasteiger partial charge >= 0.3 is 0 Å². The van der Waals surface area contributed by atoms with Crippen molar-refractivity contribution in [1.29, 1.82) is 0 Å². The van der Waals surface area contributed by atoms with Crippen molar-refractivity contribution in [1.82, 2.24) is 0 Å². The molecule has 2 aromatic carbocycles. The average molecular weight is 349 g/mol. The summed E-state index contributed by atoms with van der Waals surface area (Å²) in [6.07, 6.45) is 1.63. The molecule has 1 atom stereocenters. The van der Waals surface area contributed by atoms with Crippen LogP contribution in [-0.2, 0) is 4.79 Å². The third-order valence-electron chi connectivity index (χ3n) is 4.10. The summed E-state index contributed by atoms with van der Waals surface area (Å²) in [5.41, 5.74) is 2.25. The van der Waals surface area contributed by atoms with E-state index in [0.29, 0.717) is 11.3 Å². The van der Waals surface area contributed by atoms with E-state index in [4.69, 9.17) is 4.42 Å². The van der Waals surface area contributed by atoms with Crippen LogP contribution in [0.15, 0.2) is 77.4 Å². The summed E-state index contributed by atoms with van der Waals surface area (Å²) in [5.74, 6) is 0.621. The second-order valence-electron chi connectivity index (χ2n) is 6.03. The van der Waals surface area contributed by atoms with Crippen molar-refractivity contribution in [2.24, 2.45) is 0 Å². The molecule has 0 saturated carbocycles. The first-order valence-electron chi connectivity index (χ1n) is 8.46. The molecule has 0 aliphatic heterocycles. The Morgan fingerprint density at radius 1 is 1.04 bits per heavy atom. The summed E-state index contributed by atoms with van der Waals surface area (Å²) in [4.78, 5) is 23.8. The maximum atomic E-state index is 12.3. The first-order valence-corrected chi connectivity index (χ1v) is 8.46. The molecule has 0 aliphatic rings. The lowest BCUT2D eigenvalue weighted by Crippen LogP contribution is -2.87. The fourth-order valence-corrected chi connectivity index (χ4v) is 2.80. The van der Waals surface area contributed by atoms with Gasteiger partial charge in [0.2, 0.25) is 0 Å². The highest BCUT2D eigenvalue weighted by Gasteiger charge is 2.21. The molecule has 0 saturated heterocycles.